The lowest BCUT2D eigenvalue weighted by Crippen LogP contribution is -2.45. The molecule has 0 saturated heterocycles. The van der Waals surface area contributed by atoms with Gasteiger partial charge in [0.05, 0.1) is 24.2 Å². The predicted octanol–water partition coefficient (Wildman–Crippen LogP) is 2.92. The highest BCUT2D eigenvalue weighted by Crippen LogP contribution is 2.26. The molecule has 168 valence electrons. The zero-order chi connectivity index (χ0) is 22.8. The van der Waals surface area contributed by atoms with Crippen molar-refractivity contribution in [3.8, 4) is 5.69 Å². The van der Waals surface area contributed by atoms with Crippen LogP contribution in [0.5, 0.6) is 0 Å². The SMILES string of the molecule is Cc1c(C(=O)N(C)Cc2ccco2)nnn1-c1cccc2c1CCN(C(=O)NC(C)C)C2. The molecule has 1 N–H and O–H groups in total. The molecule has 9 heteroatoms. The van der Waals surface area contributed by atoms with Gasteiger partial charge >= 0.3 is 6.03 Å². The van der Waals surface area contributed by atoms with Gasteiger partial charge in [0.25, 0.3) is 5.91 Å². The number of rotatable bonds is 5. The number of hydrogen-bond donors (Lipinski definition) is 1. The first-order valence-electron chi connectivity index (χ1n) is 10.7. The van der Waals surface area contributed by atoms with Gasteiger partial charge in [-0.3, -0.25) is 4.79 Å². The second kappa shape index (κ2) is 8.86. The normalized spacial score (nSPS) is 13.2. The summed E-state index contributed by atoms with van der Waals surface area (Å²) in [6.07, 6.45) is 2.29. The van der Waals surface area contributed by atoms with Gasteiger partial charge in [-0.1, -0.05) is 17.3 Å². The lowest BCUT2D eigenvalue weighted by molar-refractivity contribution is 0.0768. The van der Waals surface area contributed by atoms with E-state index in [0.29, 0.717) is 43.2 Å². The smallest absolute Gasteiger partial charge is 0.317 e. The van der Waals surface area contributed by atoms with Gasteiger partial charge < -0.3 is 19.5 Å². The van der Waals surface area contributed by atoms with Crippen LogP contribution in [-0.4, -0.2) is 56.4 Å². The quantitative estimate of drug-likeness (QED) is 0.663. The molecular formula is C23H28N6O3. The molecule has 0 unspecified atom stereocenters. The van der Waals surface area contributed by atoms with E-state index in [9.17, 15) is 9.59 Å². The number of nitrogens with one attached hydrogen (secondary N) is 1. The molecule has 0 aliphatic carbocycles. The highest BCUT2D eigenvalue weighted by Gasteiger charge is 2.26. The van der Waals surface area contributed by atoms with Crippen molar-refractivity contribution in [3.05, 3.63) is 64.9 Å². The highest BCUT2D eigenvalue weighted by molar-refractivity contribution is 5.93. The summed E-state index contributed by atoms with van der Waals surface area (Å²) in [7, 11) is 1.71. The molecule has 0 bridgehead atoms. The summed E-state index contributed by atoms with van der Waals surface area (Å²) < 4.78 is 7.06. The molecule has 0 saturated carbocycles. The molecule has 0 radical (unpaired) electrons. The van der Waals surface area contributed by atoms with E-state index in [1.54, 1.807) is 29.0 Å². The average molecular weight is 437 g/mol. The van der Waals surface area contributed by atoms with Crippen molar-refractivity contribution in [2.45, 2.75) is 46.3 Å². The van der Waals surface area contributed by atoms with Gasteiger partial charge in [0.15, 0.2) is 5.69 Å². The Hall–Kier alpha value is -3.62. The van der Waals surface area contributed by atoms with E-state index >= 15 is 0 Å². The lowest BCUT2D eigenvalue weighted by Gasteiger charge is -2.30. The van der Waals surface area contributed by atoms with Gasteiger partial charge in [-0.15, -0.1) is 5.10 Å². The van der Waals surface area contributed by atoms with Crippen LogP contribution >= 0.6 is 0 Å². The summed E-state index contributed by atoms with van der Waals surface area (Å²) in [5, 5.41) is 11.4. The molecule has 9 nitrogen and oxygen atoms in total. The maximum absolute atomic E-state index is 12.9. The maximum atomic E-state index is 12.9. The first-order chi connectivity index (χ1) is 15.3. The van der Waals surface area contributed by atoms with Gasteiger partial charge in [0.2, 0.25) is 0 Å². The van der Waals surface area contributed by atoms with E-state index in [1.165, 1.54) is 0 Å². The highest BCUT2D eigenvalue weighted by atomic mass is 16.3. The minimum atomic E-state index is -0.216. The van der Waals surface area contributed by atoms with E-state index < -0.39 is 0 Å². The number of amides is 3. The van der Waals surface area contributed by atoms with Crippen LogP contribution in [0.15, 0.2) is 41.0 Å². The number of hydrogen-bond acceptors (Lipinski definition) is 5. The topological polar surface area (TPSA) is 96.5 Å². The van der Waals surface area contributed by atoms with Crippen LogP contribution in [0.3, 0.4) is 0 Å². The van der Waals surface area contributed by atoms with Gasteiger partial charge in [-0.2, -0.15) is 0 Å². The largest absolute Gasteiger partial charge is 0.467 e. The Balaban J connectivity index is 1.56. The summed E-state index contributed by atoms with van der Waals surface area (Å²) in [5.41, 5.74) is 4.08. The Morgan fingerprint density at radius 2 is 2.06 bits per heavy atom. The van der Waals surface area contributed by atoms with Crippen LogP contribution in [0.4, 0.5) is 4.79 Å². The van der Waals surface area contributed by atoms with Crippen LogP contribution in [-0.2, 0) is 19.5 Å². The monoisotopic (exact) mass is 436 g/mol. The molecule has 0 fully saturated rings. The van der Waals surface area contributed by atoms with Crippen LogP contribution in [0.2, 0.25) is 0 Å². The third kappa shape index (κ3) is 4.23. The standard InChI is InChI=1S/C23H28N6O3/c1-15(2)24-23(31)28-11-10-19-17(13-28)7-5-9-20(19)29-16(3)21(25-26-29)22(30)27(4)14-18-8-6-12-32-18/h5-9,12,15H,10-11,13-14H2,1-4H3,(H,24,31). The minimum Gasteiger partial charge on any atom is -0.467 e. The molecular weight excluding hydrogens is 408 g/mol. The van der Waals surface area contributed by atoms with Crippen molar-refractivity contribution < 1.29 is 14.0 Å². The number of urea groups is 1. The van der Waals surface area contributed by atoms with Crippen molar-refractivity contribution in [2.75, 3.05) is 13.6 Å². The molecule has 3 heterocycles. The molecule has 3 amide bonds. The van der Waals surface area contributed by atoms with Crippen molar-refractivity contribution >= 4 is 11.9 Å². The third-order valence-corrected chi connectivity index (χ3v) is 5.59. The molecule has 0 atom stereocenters. The Labute approximate surface area is 187 Å². The first kappa shape index (κ1) is 21.6. The Morgan fingerprint density at radius 3 is 2.78 bits per heavy atom. The van der Waals surface area contributed by atoms with Gasteiger partial charge in [-0.25, -0.2) is 9.48 Å². The van der Waals surface area contributed by atoms with Crippen molar-refractivity contribution in [3.63, 3.8) is 0 Å². The fourth-order valence-electron chi connectivity index (χ4n) is 3.94. The molecule has 4 rings (SSSR count). The van der Waals surface area contributed by atoms with E-state index in [2.05, 4.69) is 15.6 Å². The van der Waals surface area contributed by atoms with Crippen molar-refractivity contribution in [2.24, 2.45) is 0 Å². The molecule has 0 spiro atoms. The summed E-state index contributed by atoms with van der Waals surface area (Å²) in [4.78, 5) is 28.7. The maximum Gasteiger partial charge on any atom is 0.317 e. The van der Waals surface area contributed by atoms with E-state index in [-0.39, 0.29) is 18.0 Å². The van der Waals surface area contributed by atoms with Crippen molar-refractivity contribution in [1.29, 1.82) is 0 Å². The zero-order valence-corrected chi connectivity index (χ0v) is 18.8. The number of carbonyl (C=O) groups excluding carboxylic acids is 2. The summed E-state index contributed by atoms with van der Waals surface area (Å²) in [5.74, 6) is 0.487. The first-order valence-corrected chi connectivity index (χ1v) is 10.7. The number of fused-ring (bicyclic) bond motifs is 1. The number of aromatic nitrogens is 3. The van der Waals surface area contributed by atoms with Gasteiger partial charge in [-0.05, 0) is 56.5 Å². The second-order valence-electron chi connectivity index (χ2n) is 8.37. The zero-order valence-electron chi connectivity index (χ0n) is 18.8. The Morgan fingerprint density at radius 1 is 1.25 bits per heavy atom. The Kier molecular flexibility index (Phi) is 5.98. The third-order valence-electron chi connectivity index (χ3n) is 5.59. The van der Waals surface area contributed by atoms with Crippen LogP contribution in [0.25, 0.3) is 5.69 Å². The average Bonchev–Trinajstić information content (AvgIpc) is 3.41. The fourth-order valence-corrected chi connectivity index (χ4v) is 3.94. The molecule has 1 aromatic carbocycles. The number of benzene rings is 1. The van der Waals surface area contributed by atoms with Crippen LogP contribution in [0, 0.1) is 6.92 Å². The summed E-state index contributed by atoms with van der Waals surface area (Å²) in [6, 6.07) is 9.61. The van der Waals surface area contributed by atoms with Crippen molar-refractivity contribution in [1.82, 2.24) is 30.1 Å². The van der Waals surface area contributed by atoms with Gasteiger partial charge in [0, 0.05) is 26.2 Å². The van der Waals surface area contributed by atoms with Gasteiger partial charge in [0.1, 0.15) is 5.76 Å². The number of furan rings is 1. The van der Waals surface area contributed by atoms with E-state index in [0.717, 1.165) is 16.8 Å². The molecule has 3 aromatic rings. The molecule has 32 heavy (non-hydrogen) atoms. The number of carbonyl (C=O) groups is 2. The summed E-state index contributed by atoms with van der Waals surface area (Å²) in [6.45, 7) is 7.26. The Bertz CT molecular complexity index is 1120. The molecule has 1 aliphatic rings. The second-order valence-corrected chi connectivity index (χ2v) is 8.37. The predicted molar refractivity (Wildman–Crippen MR) is 118 cm³/mol. The van der Waals surface area contributed by atoms with E-state index in [1.807, 2.05) is 49.9 Å². The minimum absolute atomic E-state index is 0.0551. The number of nitrogens with zero attached hydrogens (tertiary/aromatic N) is 5. The summed E-state index contributed by atoms with van der Waals surface area (Å²) >= 11 is 0. The van der Waals surface area contributed by atoms with E-state index in [4.69, 9.17) is 4.42 Å². The molecule has 1 aliphatic heterocycles. The lowest BCUT2D eigenvalue weighted by atomic mass is 9.98. The van der Waals surface area contributed by atoms with Crippen LogP contribution in [0.1, 0.15) is 46.9 Å². The fraction of sp³-hybridized carbons (Fsp3) is 0.391. The van der Waals surface area contributed by atoms with Crippen LogP contribution < -0.4 is 5.32 Å². The molecule has 2 aromatic heterocycles.